The fourth-order valence-corrected chi connectivity index (χ4v) is 3.53. The highest BCUT2D eigenvalue weighted by atomic mass is 79.9. The summed E-state index contributed by atoms with van der Waals surface area (Å²) in [6, 6.07) is 1.95. The van der Waals surface area contributed by atoms with Gasteiger partial charge in [0.2, 0.25) is 5.91 Å². The number of anilines is 1. The lowest BCUT2D eigenvalue weighted by Gasteiger charge is -2.21. The Balaban J connectivity index is 2.13. The minimum absolute atomic E-state index is 0.0675. The van der Waals surface area contributed by atoms with Gasteiger partial charge in [-0.2, -0.15) is 0 Å². The maximum atomic E-state index is 12.2. The zero-order chi connectivity index (χ0) is 12.5. The van der Waals surface area contributed by atoms with Crippen LogP contribution >= 0.6 is 27.7 Å². The lowest BCUT2D eigenvalue weighted by molar-refractivity contribution is -0.118. The molecule has 1 aromatic rings. The highest BCUT2D eigenvalue weighted by Gasteiger charge is 2.37. The molecule has 3 nitrogen and oxygen atoms in total. The number of nitrogens with one attached hydrogen (secondary N) is 1. The fourth-order valence-electron chi connectivity index (χ4n) is 1.87. The number of rotatable bonds is 2. The molecule has 0 spiro atoms. The van der Waals surface area contributed by atoms with E-state index in [0.717, 1.165) is 28.6 Å². The first-order chi connectivity index (χ1) is 8.01. The molecule has 1 aliphatic heterocycles. The highest BCUT2D eigenvalue weighted by molar-refractivity contribution is 9.10. The van der Waals surface area contributed by atoms with E-state index in [1.165, 1.54) is 0 Å². The molecule has 2 rings (SSSR count). The van der Waals surface area contributed by atoms with Gasteiger partial charge in [-0.25, -0.2) is 4.98 Å². The van der Waals surface area contributed by atoms with Gasteiger partial charge >= 0.3 is 0 Å². The van der Waals surface area contributed by atoms with Crippen molar-refractivity contribution in [1.82, 2.24) is 4.98 Å². The standard InChI is InChI=1S/C12H15BrN2OS/c1-8-6-9(13)7-14-10(8)15-11(16)12(2)4-3-5-17-12/h6-7H,3-5H2,1-2H3,(H,14,15,16). The maximum Gasteiger partial charge on any atom is 0.241 e. The number of nitrogens with zero attached hydrogens (tertiary/aromatic N) is 1. The van der Waals surface area contributed by atoms with Crippen LogP contribution in [0, 0.1) is 6.92 Å². The number of aryl methyl sites for hydroxylation is 1. The number of carbonyl (C=O) groups is 1. The third kappa shape index (κ3) is 2.83. The summed E-state index contributed by atoms with van der Waals surface area (Å²) < 4.78 is 0.635. The van der Waals surface area contributed by atoms with Crippen LogP contribution in [0.15, 0.2) is 16.7 Å². The van der Waals surface area contributed by atoms with E-state index in [4.69, 9.17) is 0 Å². The molecule has 0 aromatic carbocycles. The summed E-state index contributed by atoms with van der Waals surface area (Å²) in [7, 11) is 0. The average Bonchev–Trinajstić information content (AvgIpc) is 2.71. The van der Waals surface area contributed by atoms with Gasteiger partial charge in [0, 0.05) is 10.7 Å². The molecule has 92 valence electrons. The smallest absolute Gasteiger partial charge is 0.241 e. The van der Waals surface area contributed by atoms with Gasteiger partial charge in [0.15, 0.2) is 0 Å². The second kappa shape index (κ2) is 4.98. The van der Waals surface area contributed by atoms with Crippen molar-refractivity contribution in [2.24, 2.45) is 0 Å². The van der Waals surface area contributed by atoms with Crippen molar-refractivity contribution in [3.8, 4) is 0 Å². The van der Waals surface area contributed by atoms with Gasteiger partial charge in [0.1, 0.15) is 5.82 Å². The number of halogens is 1. The number of amides is 1. The van der Waals surface area contributed by atoms with E-state index in [-0.39, 0.29) is 10.7 Å². The van der Waals surface area contributed by atoms with E-state index in [1.54, 1.807) is 18.0 Å². The van der Waals surface area contributed by atoms with Crippen LogP contribution in [-0.2, 0) is 4.79 Å². The van der Waals surface area contributed by atoms with Crippen molar-refractivity contribution in [2.75, 3.05) is 11.1 Å². The summed E-state index contributed by atoms with van der Waals surface area (Å²) in [4.78, 5) is 16.4. The second-order valence-corrected chi connectivity index (χ2v) is 6.97. The molecule has 1 unspecified atom stereocenters. The summed E-state index contributed by atoms with van der Waals surface area (Å²) in [6.45, 7) is 3.95. The third-order valence-electron chi connectivity index (χ3n) is 2.98. The van der Waals surface area contributed by atoms with Gasteiger partial charge in [-0.3, -0.25) is 4.79 Å². The Labute approximate surface area is 114 Å². The molecule has 1 saturated heterocycles. The van der Waals surface area contributed by atoms with Gasteiger partial charge in [-0.1, -0.05) is 0 Å². The van der Waals surface area contributed by atoms with Gasteiger partial charge in [0.05, 0.1) is 4.75 Å². The maximum absolute atomic E-state index is 12.2. The lowest BCUT2D eigenvalue weighted by Crippen LogP contribution is -2.35. The monoisotopic (exact) mass is 314 g/mol. The number of aromatic nitrogens is 1. The normalized spacial score (nSPS) is 23.7. The van der Waals surface area contributed by atoms with Gasteiger partial charge in [-0.15, -0.1) is 11.8 Å². The molecule has 17 heavy (non-hydrogen) atoms. The Morgan fingerprint density at radius 3 is 3.00 bits per heavy atom. The molecular weight excluding hydrogens is 300 g/mol. The molecule has 0 radical (unpaired) electrons. The topological polar surface area (TPSA) is 42.0 Å². The molecule has 1 fully saturated rings. The van der Waals surface area contributed by atoms with Crippen LogP contribution in [0.4, 0.5) is 5.82 Å². The Morgan fingerprint density at radius 1 is 1.65 bits per heavy atom. The van der Waals surface area contributed by atoms with Crippen LogP contribution in [0.3, 0.4) is 0 Å². The first kappa shape index (κ1) is 12.9. The van der Waals surface area contributed by atoms with Crippen LogP contribution < -0.4 is 5.32 Å². The molecule has 1 atom stereocenters. The summed E-state index contributed by atoms with van der Waals surface area (Å²) >= 11 is 5.09. The van der Waals surface area contributed by atoms with Crippen molar-refractivity contribution >= 4 is 39.4 Å². The van der Waals surface area contributed by atoms with Gasteiger partial charge < -0.3 is 5.32 Å². The molecule has 1 aromatic heterocycles. The summed E-state index contributed by atoms with van der Waals surface area (Å²) in [6.07, 6.45) is 3.76. The Morgan fingerprint density at radius 2 is 2.41 bits per heavy atom. The summed E-state index contributed by atoms with van der Waals surface area (Å²) in [5, 5.41) is 2.93. The number of thioether (sulfide) groups is 1. The Hall–Kier alpha value is -0.550. The number of hydrogen-bond acceptors (Lipinski definition) is 3. The zero-order valence-corrected chi connectivity index (χ0v) is 12.3. The summed E-state index contributed by atoms with van der Waals surface area (Å²) in [5.41, 5.74) is 0.972. The number of carbonyl (C=O) groups excluding carboxylic acids is 1. The molecular formula is C12H15BrN2OS. The minimum atomic E-state index is -0.290. The fraction of sp³-hybridized carbons (Fsp3) is 0.500. The second-order valence-electron chi connectivity index (χ2n) is 4.46. The van der Waals surface area contributed by atoms with E-state index >= 15 is 0 Å². The van der Waals surface area contributed by atoms with Crippen LogP contribution in [-0.4, -0.2) is 21.4 Å². The molecule has 1 aliphatic rings. The van der Waals surface area contributed by atoms with E-state index in [2.05, 4.69) is 26.2 Å². The Kier molecular flexibility index (Phi) is 3.78. The molecule has 0 bridgehead atoms. The third-order valence-corrected chi connectivity index (χ3v) is 4.93. The Bertz CT molecular complexity index is 444. The van der Waals surface area contributed by atoms with Crippen molar-refractivity contribution < 1.29 is 4.79 Å². The lowest BCUT2D eigenvalue weighted by atomic mass is 10.0. The minimum Gasteiger partial charge on any atom is -0.309 e. The first-order valence-corrected chi connectivity index (χ1v) is 7.37. The van der Waals surface area contributed by atoms with Crippen molar-refractivity contribution in [3.63, 3.8) is 0 Å². The van der Waals surface area contributed by atoms with E-state index in [1.807, 2.05) is 19.9 Å². The van der Waals surface area contributed by atoms with Gasteiger partial charge in [-0.05, 0) is 60.0 Å². The molecule has 5 heteroatoms. The van der Waals surface area contributed by atoms with Crippen molar-refractivity contribution in [2.45, 2.75) is 31.4 Å². The van der Waals surface area contributed by atoms with E-state index < -0.39 is 0 Å². The predicted molar refractivity (Wildman–Crippen MR) is 75.4 cm³/mol. The van der Waals surface area contributed by atoms with E-state index in [0.29, 0.717) is 5.82 Å². The first-order valence-electron chi connectivity index (χ1n) is 5.59. The SMILES string of the molecule is Cc1cc(Br)cnc1NC(=O)C1(C)CCCS1. The largest absolute Gasteiger partial charge is 0.309 e. The number of pyridine rings is 1. The number of hydrogen-bond donors (Lipinski definition) is 1. The summed E-state index contributed by atoms with van der Waals surface area (Å²) in [5.74, 6) is 1.79. The molecule has 0 aliphatic carbocycles. The molecule has 1 N–H and O–H groups in total. The van der Waals surface area contributed by atoms with Gasteiger partial charge in [0.25, 0.3) is 0 Å². The van der Waals surface area contributed by atoms with Crippen molar-refractivity contribution in [3.05, 3.63) is 22.3 Å². The predicted octanol–water partition coefficient (Wildman–Crippen LogP) is 3.38. The average molecular weight is 315 g/mol. The van der Waals surface area contributed by atoms with Crippen molar-refractivity contribution in [1.29, 1.82) is 0 Å². The van der Waals surface area contributed by atoms with Crippen LogP contribution in [0.2, 0.25) is 0 Å². The molecule has 1 amide bonds. The van der Waals surface area contributed by atoms with Crippen LogP contribution in [0.25, 0.3) is 0 Å². The van der Waals surface area contributed by atoms with Crippen LogP contribution in [0.5, 0.6) is 0 Å². The molecule has 2 heterocycles. The zero-order valence-electron chi connectivity index (χ0n) is 9.92. The highest BCUT2D eigenvalue weighted by Crippen LogP contribution is 2.38. The molecule has 0 saturated carbocycles. The van der Waals surface area contributed by atoms with Crippen LogP contribution in [0.1, 0.15) is 25.3 Å². The van der Waals surface area contributed by atoms with E-state index in [9.17, 15) is 4.79 Å². The quantitative estimate of drug-likeness (QED) is 0.910.